The average molecular weight is 305 g/mol. The third-order valence-corrected chi connectivity index (χ3v) is 3.38. The van der Waals surface area contributed by atoms with Crippen LogP contribution in [-0.4, -0.2) is 52.7 Å². The van der Waals surface area contributed by atoms with Gasteiger partial charge in [0.25, 0.3) is 5.89 Å². The fourth-order valence-electron chi connectivity index (χ4n) is 2.12. The number of rotatable bonds is 4. The van der Waals surface area contributed by atoms with E-state index in [4.69, 9.17) is 9.26 Å². The molecule has 7 nitrogen and oxygen atoms in total. The Bertz CT molecular complexity index is 440. The van der Waals surface area contributed by atoms with Gasteiger partial charge in [-0.2, -0.15) is 4.98 Å². The Morgan fingerprint density at radius 1 is 1.55 bits per heavy atom. The van der Waals surface area contributed by atoms with Crippen LogP contribution < -0.4 is 5.32 Å². The maximum Gasteiger partial charge on any atom is 0.252 e. The molecule has 1 aliphatic heterocycles. The van der Waals surface area contributed by atoms with Gasteiger partial charge in [-0.05, 0) is 20.8 Å². The maximum absolute atomic E-state index is 12.1. The van der Waals surface area contributed by atoms with Gasteiger partial charge in [-0.1, -0.05) is 5.16 Å². The molecule has 8 heteroatoms. The van der Waals surface area contributed by atoms with Crippen molar-refractivity contribution in [3.63, 3.8) is 0 Å². The van der Waals surface area contributed by atoms with Crippen molar-refractivity contribution < 1.29 is 14.1 Å². The topological polar surface area (TPSA) is 80.5 Å². The van der Waals surface area contributed by atoms with Crippen molar-refractivity contribution in [1.29, 1.82) is 0 Å². The fraction of sp³-hybridized carbons (Fsp3) is 0.750. The van der Waals surface area contributed by atoms with Gasteiger partial charge in [0.1, 0.15) is 13.2 Å². The normalized spacial score (nSPS) is 22.4. The summed E-state index contributed by atoms with van der Waals surface area (Å²) in [5, 5.41) is 6.99. The summed E-state index contributed by atoms with van der Waals surface area (Å²) < 4.78 is 10.2. The van der Waals surface area contributed by atoms with Gasteiger partial charge < -0.3 is 19.5 Å². The molecule has 0 aromatic carbocycles. The van der Waals surface area contributed by atoms with Crippen molar-refractivity contribution in [3.8, 4) is 0 Å². The summed E-state index contributed by atoms with van der Waals surface area (Å²) >= 11 is 0. The van der Waals surface area contributed by atoms with E-state index in [0.29, 0.717) is 24.3 Å². The molecule has 1 aromatic rings. The van der Waals surface area contributed by atoms with Crippen LogP contribution in [-0.2, 0) is 16.1 Å². The predicted molar refractivity (Wildman–Crippen MR) is 74.6 cm³/mol. The predicted octanol–water partition coefficient (Wildman–Crippen LogP) is 0.525. The highest BCUT2D eigenvalue weighted by Gasteiger charge is 2.27. The Hall–Kier alpha value is -1.18. The van der Waals surface area contributed by atoms with Gasteiger partial charge in [0, 0.05) is 25.2 Å². The molecule has 114 valence electrons. The molecule has 0 aliphatic carbocycles. The van der Waals surface area contributed by atoms with E-state index in [1.807, 2.05) is 11.8 Å². The zero-order valence-electron chi connectivity index (χ0n) is 12.0. The van der Waals surface area contributed by atoms with Crippen molar-refractivity contribution in [3.05, 3.63) is 11.7 Å². The van der Waals surface area contributed by atoms with Crippen LogP contribution in [0.5, 0.6) is 0 Å². The number of ether oxygens (including phenoxy) is 1. The molecule has 1 aromatic heterocycles. The summed E-state index contributed by atoms with van der Waals surface area (Å²) in [5.74, 6) is 0.957. The molecule has 0 radical (unpaired) electrons. The number of carbonyl (C=O) groups is 1. The lowest BCUT2D eigenvalue weighted by Crippen LogP contribution is -2.57. The first-order chi connectivity index (χ1) is 9.08. The first-order valence-corrected chi connectivity index (χ1v) is 6.47. The van der Waals surface area contributed by atoms with E-state index in [1.165, 1.54) is 0 Å². The number of aromatic nitrogens is 2. The molecule has 2 heterocycles. The molecule has 1 amide bonds. The Balaban J connectivity index is 0.00000200. The molecule has 1 saturated heterocycles. The van der Waals surface area contributed by atoms with E-state index in [-0.39, 0.29) is 37.6 Å². The quantitative estimate of drug-likeness (QED) is 0.874. The largest absolute Gasteiger partial charge is 0.362 e. The minimum Gasteiger partial charge on any atom is -0.362 e. The number of hydrogen-bond donors (Lipinski definition) is 1. The molecular weight excluding hydrogens is 284 g/mol. The van der Waals surface area contributed by atoms with Crippen LogP contribution in [0.15, 0.2) is 4.52 Å². The molecule has 0 bridgehead atoms. The van der Waals surface area contributed by atoms with E-state index in [9.17, 15) is 4.79 Å². The standard InChI is InChI=1S/C12H20N4O3.ClH/c1-8-9(2)16(5-4-13-8)12(17)7-18-6-11-14-10(3)15-19-11;/h8-9,13H,4-7H2,1-3H3;1H. The number of nitrogens with zero attached hydrogens (tertiary/aromatic N) is 3. The molecule has 2 rings (SSSR count). The number of hydrogen-bond acceptors (Lipinski definition) is 6. The van der Waals surface area contributed by atoms with Crippen molar-refractivity contribution >= 4 is 18.3 Å². The fourth-order valence-corrected chi connectivity index (χ4v) is 2.12. The van der Waals surface area contributed by atoms with Gasteiger partial charge in [0.05, 0.1) is 0 Å². The molecule has 20 heavy (non-hydrogen) atoms. The van der Waals surface area contributed by atoms with E-state index in [0.717, 1.165) is 6.54 Å². The molecule has 1 N–H and O–H groups in total. The average Bonchev–Trinajstić information content (AvgIpc) is 2.78. The van der Waals surface area contributed by atoms with Gasteiger partial charge in [0.2, 0.25) is 5.91 Å². The van der Waals surface area contributed by atoms with Crippen LogP contribution in [0.3, 0.4) is 0 Å². The number of nitrogens with one attached hydrogen (secondary N) is 1. The third-order valence-electron chi connectivity index (χ3n) is 3.38. The van der Waals surface area contributed by atoms with E-state index in [1.54, 1.807) is 6.92 Å². The lowest BCUT2D eigenvalue weighted by Gasteiger charge is -2.38. The van der Waals surface area contributed by atoms with Gasteiger partial charge in [-0.15, -0.1) is 12.4 Å². The summed E-state index contributed by atoms with van der Waals surface area (Å²) in [6.07, 6.45) is 0. The number of carbonyl (C=O) groups excluding carboxylic acids is 1. The summed E-state index contributed by atoms with van der Waals surface area (Å²) in [6, 6.07) is 0.479. The summed E-state index contributed by atoms with van der Waals surface area (Å²) in [6.45, 7) is 7.60. The molecule has 0 spiro atoms. The lowest BCUT2D eigenvalue weighted by atomic mass is 10.1. The maximum atomic E-state index is 12.1. The lowest BCUT2D eigenvalue weighted by molar-refractivity contribution is -0.140. The second-order valence-corrected chi connectivity index (χ2v) is 4.80. The van der Waals surface area contributed by atoms with Crippen LogP contribution in [0.25, 0.3) is 0 Å². The third kappa shape index (κ3) is 4.16. The minimum atomic E-state index is -0.00270. The Kier molecular flexibility index (Phi) is 6.38. The Labute approximate surface area is 124 Å². The Morgan fingerprint density at radius 2 is 2.30 bits per heavy atom. The minimum absolute atomic E-state index is 0. The number of amides is 1. The van der Waals surface area contributed by atoms with Gasteiger partial charge in [0.15, 0.2) is 5.82 Å². The second-order valence-electron chi connectivity index (χ2n) is 4.80. The molecule has 1 fully saturated rings. The summed E-state index contributed by atoms with van der Waals surface area (Å²) in [5.41, 5.74) is 0. The number of aryl methyl sites for hydroxylation is 1. The zero-order chi connectivity index (χ0) is 13.8. The first-order valence-electron chi connectivity index (χ1n) is 6.47. The first kappa shape index (κ1) is 16.9. The monoisotopic (exact) mass is 304 g/mol. The van der Waals surface area contributed by atoms with E-state index < -0.39 is 0 Å². The van der Waals surface area contributed by atoms with Crippen LogP contribution in [0, 0.1) is 6.92 Å². The van der Waals surface area contributed by atoms with Crippen LogP contribution in [0.2, 0.25) is 0 Å². The molecule has 1 aliphatic rings. The van der Waals surface area contributed by atoms with Gasteiger partial charge in [-0.25, -0.2) is 0 Å². The van der Waals surface area contributed by atoms with Crippen LogP contribution in [0.4, 0.5) is 0 Å². The highest BCUT2D eigenvalue weighted by Crippen LogP contribution is 2.09. The SMILES string of the molecule is Cc1noc(COCC(=O)N2CCNC(C)C2C)n1.Cl. The number of piperazine rings is 1. The van der Waals surface area contributed by atoms with Crippen LogP contribution >= 0.6 is 12.4 Å². The highest BCUT2D eigenvalue weighted by molar-refractivity contribution is 5.85. The zero-order valence-corrected chi connectivity index (χ0v) is 12.8. The summed E-state index contributed by atoms with van der Waals surface area (Å²) in [4.78, 5) is 17.9. The van der Waals surface area contributed by atoms with E-state index in [2.05, 4.69) is 22.4 Å². The second kappa shape index (κ2) is 7.56. The number of halogens is 1. The molecule has 2 atom stereocenters. The highest BCUT2D eigenvalue weighted by atomic mass is 35.5. The van der Waals surface area contributed by atoms with Crippen LogP contribution in [0.1, 0.15) is 25.6 Å². The molecule has 2 unspecified atom stereocenters. The smallest absolute Gasteiger partial charge is 0.252 e. The molecular formula is C12H21ClN4O3. The van der Waals surface area contributed by atoms with Crippen molar-refractivity contribution in [2.45, 2.75) is 39.5 Å². The van der Waals surface area contributed by atoms with Crippen molar-refractivity contribution in [2.75, 3.05) is 19.7 Å². The van der Waals surface area contributed by atoms with Gasteiger partial charge in [-0.3, -0.25) is 4.79 Å². The van der Waals surface area contributed by atoms with E-state index >= 15 is 0 Å². The summed E-state index contributed by atoms with van der Waals surface area (Å²) in [7, 11) is 0. The molecule has 0 saturated carbocycles. The van der Waals surface area contributed by atoms with Crippen molar-refractivity contribution in [1.82, 2.24) is 20.4 Å². The van der Waals surface area contributed by atoms with Crippen molar-refractivity contribution in [2.24, 2.45) is 0 Å². The van der Waals surface area contributed by atoms with Gasteiger partial charge >= 0.3 is 0 Å². The Morgan fingerprint density at radius 3 is 2.95 bits per heavy atom.